The first-order valence-electron chi connectivity index (χ1n) is 5.64. The molecule has 0 heterocycles. The molecule has 0 saturated heterocycles. The van der Waals surface area contributed by atoms with Crippen LogP contribution in [0.2, 0.25) is 5.02 Å². The molecule has 1 aromatic rings. The molecule has 8 heteroatoms. The summed E-state index contributed by atoms with van der Waals surface area (Å²) in [5.74, 6) is -2.95. The lowest BCUT2D eigenvalue weighted by atomic mass is 10.3. The zero-order valence-corrected chi connectivity index (χ0v) is 11.3. The molecule has 4 N–H and O–H groups in total. The summed E-state index contributed by atoms with van der Waals surface area (Å²) in [6.07, 6.45) is 0. The number of hydrogen-bond acceptors (Lipinski definition) is 5. The SMILES string of the molecule is O=C(O)C(=O)O.OCCNCCOc1ccccc1Cl. The molecule has 0 amide bonds. The molecule has 0 fully saturated rings. The minimum atomic E-state index is -1.82. The Morgan fingerprint density at radius 1 is 1.15 bits per heavy atom. The van der Waals surface area contributed by atoms with Gasteiger partial charge in [0.1, 0.15) is 12.4 Å². The molecule has 1 aromatic carbocycles. The maximum absolute atomic E-state index is 9.10. The fourth-order valence-electron chi connectivity index (χ4n) is 0.999. The van der Waals surface area contributed by atoms with E-state index in [1.807, 2.05) is 18.2 Å². The molecule has 1 rings (SSSR count). The van der Waals surface area contributed by atoms with Gasteiger partial charge in [0.05, 0.1) is 11.6 Å². The van der Waals surface area contributed by atoms with Gasteiger partial charge in [0, 0.05) is 13.1 Å². The summed E-state index contributed by atoms with van der Waals surface area (Å²) in [6, 6.07) is 7.36. The Morgan fingerprint density at radius 2 is 1.75 bits per heavy atom. The highest BCUT2D eigenvalue weighted by molar-refractivity contribution is 6.32. The number of aliphatic hydroxyl groups excluding tert-OH is 1. The zero-order chi connectivity index (χ0) is 15.4. The predicted octanol–water partition coefficient (Wildman–Crippen LogP) is 0.456. The van der Waals surface area contributed by atoms with E-state index in [-0.39, 0.29) is 6.61 Å². The van der Waals surface area contributed by atoms with Gasteiger partial charge in [-0.25, -0.2) is 9.59 Å². The standard InChI is InChI=1S/C10H14ClNO2.C2H2O4/c11-9-3-1-2-4-10(9)14-8-6-12-5-7-13;3-1(4)2(5)6/h1-4,12-13H,5-8H2;(H,3,4)(H,5,6). The Labute approximate surface area is 120 Å². The largest absolute Gasteiger partial charge is 0.491 e. The lowest BCUT2D eigenvalue weighted by Crippen LogP contribution is -2.23. The van der Waals surface area contributed by atoms with E-state index in [1.165, 1.54) is 0 Å². The van der Waals surface area contributed by atoms with E-state index in [4.69, 9.17) is 41.2 Å². The van der Waals surface area contributed by atoms with Crippen molar-refractivity contribution >= 4 is 23.5 Å². The van der Waals surface area contributed by atoms with Crippen molar-refractivity contribution in [3.05, 3.63) is 29.3 Å². The number of aliphatic carboxylic acids is 2. The first kappa shape index (κ1) is 18.2. The first-order chi connectivity index (χ1) is 9.49. The third-order valence-corrected chi connectivity index (χ3v) is 2.16. The molecule has 0 unspecified atom stereocenters. The molecule has 0 radical (unpaired) electrons. The predicted molar refractivity (Wildman–Crippen MR) is 72.2 cm³/mol. The Balaban J connectivity index is 0.000000511. The molecule has 0 atom stereocenters. The number of carboxylic acids is 2. The minimum absolute atomic E-state index is 0.145. The molecule has 0 aliphatic heterocycles. The second kappa shape index (κ2) is 11.0. The summed E-state index contributed by atoms with van der Waals surface area (Å²) < 4.78 is 5.41. The number of nitrogens with one attached hydrogen (secondary N) is 1. The summed E-state index contributed by atoms with van der Waals surface area (Å²) in [5.41, 5.74) is 0. The van der Waals surface area contributed by atoms with Crippen molar-refractivity contribution in [3.63, 3.8) is 0 Å². The second-order valence-corrected chi connectivity index (χ2v) is 3.77. The molecular formula is C12H16ClNO6. The van der Waals surface area contributed by atoms with Crippen molar-refractivity contribution in [3.8, 4) is 5.75 Å². The van der Waals surface area contributed by atoms with Crippen molar-refractivity contribution in [2.24, 2.45) is 0 Å². The van der Waals surface area contributed by atoms with E-state index in [9.17, 15) is 0 Å². The molecule has 0 aliphatic carbocycles. The van der Waals surface area contributed by atoms with E-state index in [1.54, 1.807) is 6.07 Å². The summed E-state index contributed by atoms with van der Waals surface area (Å²) in [7, 11) is 0. The lowest BCUT2D eigenvalue weighted by Gasteiger charge is -2.07. The average molecular weight is 306 g/mol. The highest BCUT2D eigenvalue weighted by Gasteiger charge is 2.04. The molecule has 7 nitrogen and oxygen atoms in total. The normalized spacial score (nSPS) is 9.30. The van der Waals surface area contributed by atoms with Crippen LogP contribution in [0.5, 0.6) is 5.75 Å². The van der Waals surface area contributed by atoms with Gasteiger partial charge in [-0.05, 0) is 12.1 Å². The van der Waals surface area contributed by atoms with Crippen molar-refractivity contribution in [2.45, 2.75) is 0 Å². The van der Waals surface area contributed by atoms with Crippen LogP contribution in [0.3, 0.4) is 0 Å². The summed E-state index contributed by atoms with van der Waals surface area (Å²) in [4.78, 5) is 18.2. The number of hydrogen-bond donors (Lipinski definition) is 4. The van der Waals surface area contributed by atoms with E-state index >= 15 is 0 Å². The monoisotopic (exact) mass is 305 g/mol. The van der Waals surface area contributed by atoms with Crippen LogP contribution in [0.25, 0.3) is 0 Å². The molecular weight excluding hydrogens is 290 g/mol. The maximum Gasteiger partial charge on any atom is 0.414 e. The van der Waals surface area contributed by atoms with Crippen molar-refractivity contribution in [1.29, 1.82) is 0 Å². The smallest absolute Gasteiger partial charge is 0.414 e. The van der Waals surface area contributed by atoms with Crippen molar-refractivity contribution < 1.29 is 29.6 Å². The average Bonchev–Trinajstić information content (AvgIpc) is 2.41. The van der Waals surface area contributed by atoms with Gasteiger partial charge in [-0.15, -0.1) is 0 Å². The number of ether oxygens (including phenoxy) is 1. The molecule has 20 heavy (non-hydrogen) atoms. The molecule has 0 spiro atoms. The molecule has 0 aromatic heterocycles. The first-order valence-corrected chi connectivity index (χ1v) is 6.02. The van der Waals surface area contributed by atoms with Crippen LogP contribution in [0, 0.1) is 0 Å². The maximum atomic E-state index is 9.10. The summed E-state index contributed by atoms with van der Waals surface area (Å²) in [6.45, 7) is 1.98. The topological polar surface area (TPSA) is 116 Å². The van der Waals surface area contributed by atoms with Gasteiger partial charge in [0.2, 0.25) is 0 Å². The molecule has 112 valence electrons. The van der Waals surface area contributed by atoms with E-state index in [0.717, 1.165) is 0 Å². The van der Waals surface area contributed by atoms with Gasteiger partial charge in [-0.1, -0.05) is 23.7 Å². The van der Waals surface area contributed by atoms with Crippen LogP contribution < -0.4 is 10.1 Å². The van der Waals surface area contributed by atoms with E-state index in [2.05, 4.69) is 5.32 Å². The quantitative estimate of drug-likeness (QED) is 0.445. The Morgan fingerprint density at radius 3 is 2.25 bits per heavy atom. The fourth-order valence-corrected chi connectivity index (χ4v) is 1.19. The summed E-state index contributed by atoms with van der Waals surface area (Å²) >= 11 is 5.88. The van der Waals surface area contributed by atoms with Crippen LogP contribution in [-0.4, -0.2) is 53.6 Å². The molecule has 0 saturated carbocycles. The highest BCUT2D eigenvalue weighted by atomic mass is 35.5. The van der Waals surface area contributed by atoms with Crippen molar-refractivity contribution in [2.75, 3.05) is 26.3 Å². The molecule has 0 bridgehead atoms. The van der Waals surface area contributed by atoms with Gasteiger partial charge in [-0.3, -0.25) is 0 Å². The summed E-state index contributed by atoms with van der Waals surface area (Å²) in [5, 5.41) is 26.9. The number of aliphatic hydroxyl groups is 1. The Hall–Kier alpha value is -1.83. The van der Waals surface area contributed by atoms with Crippen molar-refractivity contribution in [1.82, 2.24) is 5.32 Å². The Kier molecular flexibility index (Phi) is 10.0. The number of rotatable bonds is 6. The number of carboxylic acid groups (broad SMARTS) is 2. The third-order valence-electron chi connectivity index (χ3n) is 1.84. The van der Waals surface area contributed by atoms with Crippen LogP contribution >= 0.6 is 11.6 Å². The van der Waals surface area contributed by atoms with E-state index < -0.39 is 11.9 Å². The third kappa shape index (κ3) is 9.15. The van der Waals surface area contributed by atoms with Crippen LogP contribution in [0.1, 0.15) is 0 Å². The molecule has 0 aliphatic rings. The van der Waals surface area contributed by atoms with Crippen LogP contribution in [0.4, 0.5) is 0 Å². The fraction of sp³-hybridized carbons (Fsp3) is 0.333. The van der Waals surface area contributed by atoms with E-state index in [0.29, 0.717) is 30.5 Å². The Bertz CT molecular complexity index is 414. The van der Waals surface area contributed by atoms with Gasteiger partial charge in [0.15, 0.2) is 0 Å². The van der Waals surface area contributed by atoms with Crippen LogP contribution in [0.15, 0.2) is 24.3 Å². The van der Waals surface area contributed by atoms with Gasteiger partial charge in [0.25, 0.3) is 0 Å². The zero-order valence-electron chi connectivity index (χ0n) is 10.6. The van der Waals surface area contributed by atoms with Gasteiger partial charge < -0.3 is 25.4 Å². The number of para-hydroxylation sites is 1. The van der Waals surface area contributed by atoms with Gasteiger partial charge in [-0.2, -0.15) is 0 Å². The second-order valence-electron chi connectivity index (χ2n) is 3.36. The number of benzene rings is 1. The lowest BCUT2D eigenvalue weighted by molar-refractivity contribution is -0.159. The highest BCUT2D eigenvalue weighted by Crippen LogP contribution is 2.22. The van der Waals surface area contributed by atoms with Crippen LogP contribution in [-0.2, 0) is 9.59 Å². The minimum Gasteiger partial charge on any atom is -0.491 e. The van der Waals surface area contributed by atoms with Gasteiger partial charge >= 0.3 is 11.9 Å². The number of carbonyl (C=O) groups is 2. The number of halogens is 1.